The van der Waals surface area contributed by atoms with Gasteiger partial charge in [0.1, 0.15) is 0 Å². The molecule has 0 aliphatic rings. The first-order valence-electron chi connectivity index (χ1n) is 7.77. The van der Waals surface area contributed by atoms with Gasteiger partial charge in [-0.15, -0.1) is 0 Å². The number of aromatic amines is 1. The molecule has 0 aliphatic carbocycles. The number of carbonyl (C=O) groups is 1. The topological polar surface area (TPSA) is 72.6 Å². The highest BCUT2D eigenvalue weighted by atomic mass is 16.5. The van der Waals surface area contributed by atoms with Gasteiger partial charge in [0.05, 0.1) is 37.8 Å². The molecule has 0 unspecified atom stereocenters. The van der Waals surface area contributed by atoms with Gasteiger partial charge < -0.3 is 24.5 Å². The number of H-pyrrole nitrogens is 1. The molecule has 0 fully saturated rings. The fourth-order valence-electron chi connectivity index (χ4n) is 2.84. The van der Waals surface area contributed by atoms with Gasteiger partial charge in [-0.3, -0.25) is 4.79 Å². The lowest BCUT2D eigenvalue weighted by Gasteiger charge is -2.14. The average Bonchev–Trinajstić information content (AvgIpc) is 3.05. The number of methoxy groups -OCH3 is 3. The molecule has 3 aromatic rings. The summed E-state index contributed by atoms with van der Waals surface area (Å²) in [4.78, 5) is 15.9. The molecule has 2 aromatic carbocycles. The summed E-state index contributed by atoms with van der Waals surface area (Å²) in [6.45, 7) is 1.94. The highest BCUT2D eigenvalue weighted by molar-refractivity contribution is 6.15. The van der Waals surface area contributed by atoms with Crippen LogP contribution in [0.1, 0.15) is 15.9 Å². The first kappa shape index (κ1) is 16.7. The number of ether oxygens (including phenoxy) is 3. The Kier molecular flexibility index (Phi) is 4.52. The van der Waals surface area contributed by atoms with E-state index < -0.39 is 0 Å². The summed E-state index contributed by atoms with van der Waals surface area (Å²) in [7, 11) is 4.62. The predicted molar refractivity (Wildman–Crippen MR) is 97.1 cm³/mol. The van der Waals surface area contributed by atoms with Crippen molar-refractivity contribution in [3.8, 4) is 17.2 Å². The van der Waals surface area contributed by atoms with Crippen molar-refractivity contribution in [2.45, 2.75) is 6.92 Å². The van der Waals surface area contributed by atoms with Crippen LogP contribution in [0.3, 0.4) is 0 Å². The number of nitrogens with one attached hydrogen (secondary N) is 2. The second-order valence-corrected chi connectivity index (χ2v) is 5.54. The van der Waals surface area contributed by atoms with Crippen molar-refractivity contribution in [3.05, 3.63) is 47.7 Å². The number of fused-ring (bicyclic) bond motifs is 1. The van der Waals surface area contributed by atoms with Gasteiger partial charge in [0.15, 0.2) is 11.5 Å². The maximum absolute atomic E-state index is 12.8. The van der Waals surface area contributed by atoms with E-state index in [9.17, 15) is 4.79 Å². The van der Waals surface area contributed by atoms with Gasteiger partial charge in [0, 0.05) is 18.0 Å². The fraction of sp³-hybridized carbons (Fsp3) is 0.211. The molecule has 0 saturated carbocycles. The molecule has 1 aromatic heterocycles. The standard InChI is InChI=1S/C19H20N2O4/c1-11-7-5-6-8-13(11)21-19(22)12-10-20-14-9-15(23-2)17(24-3)18(25-4)16(12)14/h5-10,20H,1-4H3,(H,21,22). The first-order valence-corrected chi connectivity index (χ1v) is 7.77. The molecule has 2 N–H and O–H groups in total. The Morgan fingerprint density at radius 2 is 1.76 bits per heavy atom. The van der Waals surface area contributed by atoms with Crippen LogP contribution >= 0.6 is 0 Å². The Labute approximate surface area is 145 Å². The number of hydrogen-bond donors (Lipinski definition) is 2. The monoisotopic (exact) mass is 340 g/mol. The second kappa shape index (κ2) is 6.76. The molecule has 0 aliphatic heterocycles. The molecule has 0 atom stereocenters. The molecule has 25 heavy (non-hydrogen) atoms. The molecule has 0 spiro atoms. The third-order valence-electron chi connectivity index (χ3n) is 4.11. The number of rotatable bonds is 5. The van der Waals surface area contributed by atoms with Gasteiger partial charge in [-0.1, -0.05) is 18.2 Å². The van der Waals surface area contributed by atoms with Crippen LogP contribution < -0.4 is 19.5 Å². The van der Waals surface area contributed by atoms with E-state index in [1.54, 1.807) is 19.4 Å². The zero-order valence-electron chi connectivity index (χ0n) is 14.6. The van der Waals surface area contributed by atoms with E-state index in [0.717, 1.165) is 16.8 Å². The Balaban J connectivity index is 2.11. The normalized spacial score (nSPS) is 10.6. The number of carbonyl (C=O) groups excluding carboxylic acids is 1. The molecule has 6 nitrogen and oxygen atoms in total. The molecule has 0 bridgehead atoms. The van der Waals surface area contributed by atoms with E-state index in [2.05, 4.69) is 10.3 Å². The SMILES string of the molecule is COc1cc2[nH]cc(C(=O)Nc3ccccc3C)c2c(OC)c1OC. The van der Waals surface area contributed by atoms with Crippen molar-refractivity contribution in [1.29, 1.82) is 0 Å². The third-order valence-corrected chi connectivity index (χ3v) is 4.11. The quantitative estimate of drug-likeness (QED) is 0.742. The molecule has 1 amide bonds. The maximum atomic E-state index is 12.8. The third kappa shape index (κ3) is 2.87. The lowest BCUT2D eigenvalue weighted by atomic mass is 10.1. The summed E-state index contributed by atoms with van der Waals surface area (Å²) in [6, 6.07) is 9.40. The van der Waals surface area contributed by atoms with Gasteiger partial charge in [-0.25, -0.2) is 0 Å². The average molecular weight is 340 g/mol. The van der Waals surface area contributed by atoms with Crippen molar-refractivity contribution in [2.24, 2.45) is 0 Å². The van der Waals surface area contributed by atoms with Crippen LogP contribution in [-0.2, 0) is 0 Å². The van der Waals surface area contributed by atoms with Crippen LogP contribution in [0.25, 0.3) is 10.9 Å². The fourth-order valence-corrected chi connectivity index (χ4v) is 2.84. The van der Waals surface area contributed by atoms with Crippen molar-refractivity contribution >= 4 is 22.5 Å². The Morgan fingerprint density at radius 1 is 1.04 bits per heavy atom. The lowest BCUT2D eigenvalue weighted by Crippen LogP contribution is -2.12. The summed E-state index contributed by atoms with van der Waals surface area (Å²) >= 11 is 0. The Bertz CT molecular complexity index is 931. The van der Waals surface area contributed by atoms with E-state index >= 15 is 0 Å². The van der Waals surface area contributed by atoms with E-state index in [4.69, 9.17) is 14.2 Å². The molecular formula is C19H20N2O4. The second-order valence-electron chi connectivity index (χ2n) is 5.54. The molecule has 0 saturated heterocycles. The van der Waals surface area contributed by atoms with Crippen LogP contribution in [-0.4, -0.2) is 32.2 Å². The number of anilines is 1. The smallest absolute Gasteiger partial charge is 0.257 e. The van der Waals surface area contributed by atoms with Crippen molar-refractivity contribution in [3.63, 3.8) is 0 Å². The first-order chi connectivity index (χ1) is 12.1. The molecule has 3 rings (SSSR count). The van der Waals surface area contributed by atoms with E-state index in [-0.39, 0.29) is 5.91 Å². The minimum Gasteiger partial charge on any atom is -0.493 e. The Hall–Kier alpha value is -3.15. The van der Waals surface area contributed by atoms with Gasteiger partial charge in [-0.05, 0) is 18.6 Å². The van der Waals surface area contributed by atoms with Gasteiger partial charge in [-0.2, -0.15) is 0 Å². The number of amides is 1. The van der Waals surface area contributed by atoms with E-state index in [0.29, 0.717) is 28.2 Å². The van der Waals surface area contributed by atoms with Gasteiger partial charge in [0.25, 0.3) is 5.91 Å². The summed E-state index contributed by atoms with van der Waals surface area (Å²) in [5, 5.41) is 3.58. The number of hydrogen-bond acceptors (Lipinski definition) is 4. The van der Waals surface area contributed by atoms with Crippen LogP contribution in [0.4, 0.5) is 5.69 Å². The van der Waals surface area contributed by atoms with E-state index in [1.807, 2.05) is 31.2 Å². The largest absolute Gasteiger partial charge is 0.493 e. The highest BCUT2D eigenvalue weighted by Crippen LogP contribution is 2.44. The number of aromatic nitrogens is 1. The van der Waals surface area contributed by atoms with Gasteiger partial charge >= 0.3 is 0 Å². The van der Waals surface area contributed by atoms with Crippen LogP contribution in [0.15, 0.2) is 36.5 Å². The predicted octanol–water partition coefficient (Wildman–Crippen LogP) is 3.75. The highest BCUT2D eigenvalue weighted by Gasteiger charge is 2.23. The molecular weight excluding hydrogens is 320 g/mol. The van der Waals surface area contributed by atoms with Gasteiger partial charge in [0.2, 0.25) is 5.75 Å². The van der Waals surface area contributed by atoms with Crippen molar-refractivity contribution in [1.82, 2.24) is 4.98 Å². The van der Waals surface area contributed by atoms with Crippen LogP contribution in [0.5, 0.6) is 17.2 Å². The van der Waals surface area contributed by atoms with Crippen molar-refractivity contribution < 1.29 is 19.0 Å². The summed E-state index contributed by atoms with van der Waals surface area (Å²) in [6.07, 6.45) is 1.65. The van der Waals surface area contributed by atoms with Crippen molar-refractivity contribution in [2.75, 3.05) is 26.6 Å². The molecule has 130 valence electrons. The minimum absolute atomic E-state index is 0.230. The van der Waals surface area contributed by atoms with Crippen LogP contribution in [0.2, 0.25) is 0 Å². The Morgan fingerprint density at radius 3 is 2.40 bits per heavy atom. The minimum atomic E-state index is -0.230. The number of benzene rings is 2. The lowest BCUT2D eigenvalue weighted by molar-refractivity contribution is 0.102. The summed E-state index contributed by atoms with van der Waals surface area (Å²) < 4.78 is 16.3. The number of para-hydroxylation sites is 1. The molecule has 1 heterocycles. The van der Waals surface area contributed by atoms with Crippen LogP contribution in [0, 0.1) is 6.92 Å². The maximum Gasteiger partial charge on any atom is 0.257 e. The summed E-state index contributed by atoms with van der Waals surface area (Å²) in [5.74, 6) is 1.20. The summed E-state index contributed by atoms with van der Waals surface area (Å²) in [5.41, 5.74) is 2.95. The molecule has 0 radical (unpaired) electrons. The number of aryl methyl sites for hydroxylation is 1. The zero-order valence-corrected chi connectivity index (χ0v) is 14.6. The van der Waals surface area contributed by atoms with E-state index in [1.165, 1.54) is 14.2 Å². The molecule has 6 heteroatoms. The zero-order chi connectivity index (χ0) is 18.0.